The molecular formula is C12H20O3. The SMILES string of the molecule is COC1OC(OC)C2C3CCC(CC3)C12. The first-order valence-electron chi connectivity index (χ1n) is 6.06. The first-order chi connectivity index (χ1) is 7.35. The molecule has 4 aliphatic rings. The summed E-state index contributed by atoms with van der Waals surface area (Å²) in [5, 5.41) is 0. The number of fused-ring (bicyclic) bond motifs is 2. The zero-order chi connectivity index (χ0) is 10.4. The van der Waals surface area contributed by atoms with Crippen molar-refractivity contribution in [2.45, 2.75) is 38.3 Å². The lowest BCUT2D eigenvalue weighted by Gasteiger charge is -2.46. The molecule has 0 amide bonds. The van der Waals surface area contributed by atoms with Gasteiger partial charge in [0.15, 0.2) is 12.6 Å². The zero-order valence-electron chi connectivity index (χ0n) is 9.52. The van der Waals surface area contributed by atoms with E-state index in [1.165, 1.54) is 25.7 Å². The molecule has 3 saturated carbocycles. The van der Waals surface area contributed by atoms with Gasteiger partial charge in [0.25, 0.3) is 0 Å². The molecule has 86 valence electrons. The molecule has 1 aliphatic heterocycles. The van der Waals surface area contributed by atoms with Crippen molar-refractivity contribution in [1.82, 2.24) is 0 Å². The molecule has 0 spiro atoms. The van der Waals surface area contributed by atoms with Crippen LogP contribution in [0.4, 0.5) is 0 Å². The van der Waals surface area contributed by atoms with Gasteiger partial charge in [-0.15, -0.1) is 0 Å². The van der Waals surface area contributed by atoms with Gasteiger partial charge < -0.3 is 14.2 Å². The first kappa shape index (κ1) is 10.1. The van der Waals surface area contributed by atoms with Crippen LogP contribution in [-0.2, 0) is 14.2 Å². The van der Waals surface area contributed by atoms with Gasteiger partial charge in [-0.3, -0.25) is 0 Å². The molecule has 4 atom stereocenters. The van der Waals surface area contributed by atoms with Crippen molar-refractivity contribution in [1.29, 1.82) is 0 Å². The Bertz CT molecular complexity index is 211. The van der Waals surface area contributed by atoms with Gasteiger partial charge >= 0.3 is 0 Å². The molecule has 0 aromatic heterocycles. The Morgan fingerprint density at radius 1 is 0.800 bits per heavy atom. The average Bonchev–Trinajstić information content (AvgIpc) is 2.71. The number of rotatable bonds is 2. The van der Waals surface area contributed by atoms with Crippen molar-refractivity contribution < 1.29 is 14.2 Å². The summed E-state index contributed by atoms with van der Waals surface area (Å²) in [7, 11) is 3.50. The third kappa shape index (κ3) is 1.37. The van der Waals surface area contributed by atoms with Crippen molar-refractivity contribution in [3.63, 3.8) is 0 Å². The van der Waals surface area contributed by atoms with Gasteiger partial charge in [0, 0.05) is 26.1 Å². The van der Waals surface area contributed by atoms with E-state index in [1.807, 2.05) is 0 Å². The second-order valence-corrected chi connectivity index (χ2v) is 5.17. The highest BCUT2D eigenvalue weighted by Gasteiger charge is 2.56. The third-order valence-corrected chi connectivity index (χ3v) is 4.71. The Morgan fingerprint density at radius 2 is 1.20 bits per heavy atom. The highest BCUT2D eigenvalue weighted by molar-refractivity contribution is 4.98. The van der Waals surface area contributed by atoms with Crippen LogP contribution in [0.15, 0.2) is 0 Å². The second-order valence-electron chi connectivity index (χ2n) is 5.17. The molecule has 1 saturated heterocycles. The van der Waals surface area contributed by atoms with Crippen molar-refractivity contribution in [2.24, 2.45) is 23.7 Å². The number of methoxy groups -OCH3 is 2. The van der Waals surface area contributed by atoms with Crippen LogP contribution in [0.3, 0.4) is 0 Å². The van der Waals surface area contributed by atoms with E-state index >= 15 is 0 Å². The fourth-order valence-corrected chi connectivity index (χ4v) is 4.09. The summed E-state index contributed by atoms with van der Waals surface area (Å²) >= 11 is 0. The lowest BCUT2D eigenvalue weighted by molar-refractivity contribution is -0.199. The predicted octanol–water partition coefficient (Wildman–Crippen LogP) is 2.01. The van der Waals surface area contributed by atoms with E-state index in [0.717, 1.165) is 11.8 Å². The molecule has 4 rings (SSSR count). The zero-order valence-corrected chi connectivity index (χ0v) is 9.52. The maximum Gasteiger partial charge on any atom is 0.163 e. The van der Waals surface area contributed by atoms with E-state index in [9.17, 15) is 0 Å². The van der Waals surface area contributed by atoms with Gasteiger partial charge in [-0.1, -0.05) is 0 Å². The van der Waals surface area contributed by atoms with Crippen LogP contribution in [0.5, 0.6) is 0 Å². The van der Waals surface area contributed by atoms with Crippen molar-refractivity contribution in [3.8, 4) is 0 Å². The molecule has 4 unspecified atom stereocenters. The van der Waals surface area contributed by atoms with E-state index in [1.54, 1.807) is 14.2 Å². The molecule has 3 aliphatic carbocycles. The molecule has 1 heterocycles. The number of hydrogen-bond donors (Lipinski definition) is 0. The molecule has 15 heavy (non-hydrogen) atoms. The fourth-order valence-electron chi connectivity index (χ4n) is 4.09. The smallest absolute Gasteiger partial charge is 0.163 e. The molecule has 0 N–H and O–H groups in total. The van der Waals surface area contributed by atoms with E-state index in [2.05, 4.69) is 0 Å². The topological polar surface area (TPSA) is 27.7 Å². The van der Waals surface area contributed by atoms with Gasteiger partial charge in [-0.2, -0.15) is 0 Å². The lowest BCUT2D eigenvalue weighted by Crippen LogP contribution is -2.44. The van der Waals surface area contributed by atoms with Gasteiger partial charge in [-0.05, 0) is 37.5 Å². The summed E-state index contributed by atoms with van der Waals surface area (Å²) in [6.07, 6.45) is 5.43. The summed E-state index contributed by atoms with van der Waals surface area (Å²) in [6, 6.07) is 0. The van der Waals surface area contributed by atoms with Gasteiger partial charge in [0.1, 0.15) is 0 Å². The van der Waals surface area contributed by atoms with Crippen LogP contribution in [0.1, 0.15) is 25.7 Å². The minimum atomic E-state index is -0.0203. The Labute approximate surface area is 91.1 Å². The number of hydrogen-bond acceptors (Lipinski definition) is 3. The van der Waals surface area contributed by atoms with Crippen LogP contribution in [0.2, 0.25) is 0 Å². The van der Waals surface area contributed by atoms with Crippen LogP contribution in [-0.4, -0.2) is 26.8 Å². The summed E-state index contributed by atoms with van der Waals surface area (Å²) in [6.45, 7) is 0. The summed E-state index contributed by atoms with van der Waals surface area (Å²) in [5.74, 6) is 2.80. The van der Waals surface area contributed by atoms with Gasteiger partial charge in [-0.25, -0.2) is 0 Å². The molecule has 4 fully saturated rings. The van der Waals surface area contributed by atoms with E-state index in [-0.39, 0.29) is 12.6 Å². The van der Waals surface area contributed by atoms with Gasteiger partial charge in [0.2, 0.25) is 0 Å². The highest BCUT2D eigenvalue weighted by Crippen LogP contribution is 2.55. The van der Waals surface area contributed by atoms with Crippen LogP contribution in [0, 0.1) is 23.7 Å². The van der Waals surface area contributed by atoms with Crippen molar-refractivity contribution in [3.05, 3.63) is 0 Å². The average molecular weight is 212 g/mol. The first-order valence-corrected chi connectivity index (χ1v) is 6.06. The van der Waals surface area contributed by atoms with Crippen LogP contribution >= 0.6 is 0 Å². The quantitative estimate of drug-likeness (QED) is 0.701. The molecule has 0 aromatic rings. The van der Waals surface area contributed by atoms with E-state index in [0.29, 0.717) is 11.8 Å². The van der Waals surface area contributed by atoms with Crippen LogP contribution < -0.4 is 0 Å². The minimum Gasteiger partial charge on any atom is -0.355 e. The Morgan fingerprint density at radius 3 is 1.53 bits per heavy atom. The maximum absolute atomic E-state index is 5.84. The fraction of sp³-hybridized carbons (Fsp3) is 1.00. The standard InChI is InChI=1S/C12H20O3/c1-13-11-9-7-3-5-8(6-4-7)10(9)12(14-2)15-11/h7-12H,3-6H2,1-2H3. The summed E-state index contributed by atoms with van der Waals surface area (Å²) in [4.78, 5) is 0. The molecule has 3 heteroatoms. The van der Waals surface area contributed by atoms with E-state index < -0.39 is 0 Å². The molecule has 2 bridgehead atoms. The molecule has 3 nitrogen and oxygen atoms in total. The lowest BCUT2D eigenvalue weighted by atomic mass is 9.59. The Kier molecular flexibility index (Phi) is 2.49. The van der Waals surface area contributed by atoms with Gasteiger partial charge in [0.05, 0.1) is 0 Å². The third-order valence-electron chi connectivity index (χ3n) is 4.71. The largest absolute Gasteiger partial charge is 0.355 e. The minimum absolute atomic E-state index is 0.0203. The second kappa shape index (κ2) is 3.72. The monoisotopic (exact) mass is 212 g/mol. The Balaban J connectivity index is 1.87. The predicted molar refractivity (Wildman–Crippen MR) is 55.1 cm³/mol. The van der Waals surface area contributed by atoms with E-state index in [4.69, 9.17) is 14.2 Å². The highest BCUT2D eigenvalue weighted by atomic mass is 16.8. The van der Waals surface area contributed by atoms with Crippen LogP contribution in [0.25, 0.3) is 0 Å². The number of ether oxygens (including phenoxy) is 3. The maximum atomic E-state index is 5.84. The molecule has 0 aromatic carbocycles. The molecule has 0 radical (unpaired) electrons. The Hall–Kier alpha value is -0.120. The normalized spacial score (nSPS) is 53.2. The van der Waals surface area contributed by atoms with Crippen molar-refractivity contribution >= 4 is 0 Å². The summed E-state index contributed by atoms with van der Waals surface area (Å²) < 4.78 is 16.8. The summed E-state index contributed by atoms with van der Waals surface area (Å²) in [5.41, 5.74) is 0. The van der Waals surface area contributed by atoms with Crippen molar-refractivity contribution in [2.75, 3.05) is 14.2 Å². The molecular weight excluding hydrogens is 192 g/mol.